The van der Waals surface area contributed by atoms with Crippen molar-refractivity contribution in [2.45, 2.75) is 6.54 Å². The first kappa shape index (κ1) is 16.2. The highest BCUT2D eigenvalue weighted by Gasteiger charge is 2.21. The molecule has 2 aliphatic rings. The van der Waals surface area contributed by atoms with E-state index in [2.05, 4.69) is 29.7 Å². The summed E-state index contributed by atoms with van der Waals surface area (Å²) in [7, 11) is 0. The average Bonchev–Trinajstić information content (AvgIpc) is 2.70. The number of hydrogen-bond donors (Lipinski definition) is 0. The van der Waals surface area contributed by atoms with Gasteiger partial charge in [-0.25, -0.2) is 4.98 Å². The van der Waals surface area contributed by atoms with Crippen LogP contribution in [-0.4, -0.2) is 77.3 Å². The largest absolute Gasteiger partial charge is 0.378 e. The fourth-order valence-corrected chi connectivity index (χ4v) is 3.21. The first-order chi connectivity index (χ1) is 12.4. The molecule has 2 aliphatic heterocycles. The van der Waals surface area contributed by atoms with Gasteiger partial charge in [0.2, 0.25) is 5.95 Å². The van der Waals surface area contributed by atoms with Crippen LogP contribution in [0.2, 0.25) is 0 Å². The molecule has 2 aromatic heterocycles. The minimum Gasteiger partial charge on any atom is -0.378 e. The van der Waals surface area contributed by atoms with Gasteiger partial charge in [-0.15, -0.1) is 0 Å². The van der Waals surface area contributed by atoms with E-state index in [1.54, 1.807) is 12.4 Å². The molecule has 2 fully saturated rings. The summed E-state index contributed by atoms with van der Waals surface area (Å²) in [6.45, 7) is 7.95. The molecule has 0 saturated carbocycles. The minimum atomic E-state index is 0.764. The maximum Gasteiger partial charge on any atom is 0.227 e. The predicted molar refractivity (Wildman–Crippen MR) is 94.6 cm³/mol. The topological polar surface area (TPSA) is 70.5 Å². The van der Waals surface area contributed by atoms with E-state index in [1.165, 1.54) is 0 Å². The zero-order chi connectivity index (χ0) is 16.9. The van der Waals surface area contributed by atoms with Crippen molar-refractivity contribution in [2.75, 3.05) is 62.3 Å². The lowest BCUT2D eigenvalue weighted by molar-refractivity contribution is 0.122. The number of aromatic nitrogens is 4. The lowest BCUT2D eigenvalue weighted by Crippen LogP contribution is -2.46. The van der Waals surface area contributed by atoms with Crippen molar-refractivity contribution >= 4 is 11.8 Å². The third-order valence-corrected chi connectivity index (χ3v) is 4.62. The van der Waals surface area contributed by atoms with Gasteiger partial charge in [0, 0.05) is 70.6 Å². The Bertz CT molecular complexity index is 670. The van der Waals surface area contributed by atoms with Crippen LogP contribution < -0.4 is 9.80 Å². The van der Waals surface area contributed by atoms with Gasteiger partial charge in [-0.1, -0.05) is 0 Å². The molecular weight excluding hydrogens is 318 g/mol. The minimum absolute atomic E-state index is 0.764. The zero-order valence-corrected chi connectivity index (χ0v) is 14.3. The van der Waals surface area contributed by atoms with Crippen molar-refractivity contribution in [2.24, 2.45) is 0 Å². The second kappa shape index (κ2) is 7.71. The third-order valence-electron chi connectivity index (χ3n) is 4.62. The molecule has 0 aliphatic carbocycles. The number of morpholine rings is 1. The van der Waals surface area contributed by atoms with Gasteiger partial charge in [0.05, 0.1) is 18.9 Å². The molecule has 8 heteroatoms. The van der Waals surface area contributed by atoms with Crippen molar-refractivity contribution in [3.63, 3.8) is 0 Å². The maximum absolute atomic E-state index is 5.42. The van der Waals surface area contributed by atoms with Gasteiger partial charge in [0.15, 0.2) is 0 Å². The Morgan fingerprint density at radius 3 is 2.48 bits per heavy atom. The van der Waals surface area contributed by atoms with Crippen LogP contribution >= 0.6 is 0 Å². The SMILES string of the molecule is c1cnc(CN2CCN(c3nccc(N4CCOCC4)n3)CC2)cn1. The third kappa shape index (κ3) is 4.02. The first-order valence-electron chi connectivity index (χ1n) is 8.76. The van der Waals surface area contributed by atoms with Crippen LogP contribution in [0.15, 0.2) is 30.9 Å². The van der Waals surface area contributed by atoms with Gasteiger partial charge in [0.1, 0.15) is 5.82 Å². The Morgan fingerprint density at radius 1 is 0.880 bits per heavy atom. The van der Waals surface area contributed by atoms with Crippen LogP contribution in [0.1, 0.15) is 5.69 Å². The van der Waals surface area contributed by atoms with E-state index in [4.69, 9.17) is 9.72 Å². The van der Waals surface area contributed by atoms with Crippen LogP contribution in [0.25, 0.3) is 0 Å². The van der Waals surface area contributed by atoms with E-state index >= 15 is 0 Å². The van der Waals surface area contributed by atoms with E-state index in [1.807, 2.05) is 18.5 Å². The molecule has 4 heterocycles. The molecule has 0 radical (unpaired) electrons. The highest BCUT2D eigenvalue weighted by atomic mass is 16.5. The molecule has 0 spiro atoms. The molecule has 132 valence electrons. The summed E-state index contributed by atoms with van der Waals surface area (Å²) >= 11 is 0. The van der Waals surface area contributed by atoms with Crippen LogP contribution in [0.4, 0.5) is 11.8 Å². The lowest BCUT2D eigenvalue weighted by Gasteiger charge is -2.35. The van der Waals surface area contributed by atoms with Gasteiger partial charge < -0.3 is 14.5 Å². The Kier molecular flexibility index (Phi) is 4.98. The van der Waals surface area contributed by atoms with Crippen molar-refractivity contribution < 1.29 is 4.74 Å². The van der Waals surface area contributed by atoms with Crippen LogP contribution in [0.3, 0.4) is 0 Å². The molecule has 0 bridgehead atoms. The summed E-state index contributed by atoms with van der Waals surface area (Å²) < 4.78 is 5.42. The number of anilines is 2. The molecule has 0 amide bonds. The molecule has 2 aromatic rings. The summed E-state index contributed by atoms with van der Waals surface area (Å²) in [5, 5.41) is 0. The van der Waals surface area contributed by atoms with Crippen molar-refractivity contribution in [1.29, 1.82) is 0 Å². The van der Waals surface area contributed by atoms with Gasteiger partial charge in [-0.05, 0) is 6.07 Å². The quantitative estimate of drug-likeness (QED) is 0.793. The standard InChI is InChI=1S/C17H23N7O/c1-2-20-17(21-16(1)23-9-11-25-12-10-23)24-7-5-22(6-8-24)14-15-13-18-3-4-19-15/h1-4,13H,5-12,14H2. The van der Waals surface area contributed by atoms with E-state index in [-0.39, 0.29) is 0 Å². The molecular formula is C17H23N7O. The van der Waals surface area contributed by atoms with Crippen LogP contribution in [0, 0.1) is 0 Å². The van der Waals surface area contributed by atoms with E-state index in [0.29, 0.717) is 0 Å². The molecule has 4 rings (SSSR count). The number of rotatable bonds is 4. The Balaban J connectivity index is 1.36. The van der Waals surface area contributed by atoms with Gasteiger partial charge in [0.25, 0.3) is 0 Å². The molecule has 0 atom stereocenters. The van der Waals surface area contributed by atoms with Crippen LogP contribution in [-0.2, 0) is 11.3 Å². The fourth-order valence-electron chi connectivity index (χ4n) is 3.21. The smallest absolute Gasteiger partial charge is 0.227 e. The summed E-state index contributed by atoms with van der Waals surface area (Å²) in [5.41, 5.74) is 1.02. The number of hydrogen-bond acceptors (Lipinski definition) is 8. The summed E-state index contributed by atoms with van der Waals surface area (Å²) in [5.74, 6) is 1.82. The summed E-state index contributed by atoms with van der Waals surface area (Å²) in [6, 6.07) is 1.99. The van der Waals surface area contributed by atoms with E-state index in [0.717, 1.165) is 76.5 Å². The molecule has 0 unspecified atom stereocenters. The highest BCUT2D eigenvalue weighted by molar-refractivity contribution is 5.44. The van der Waals surface area contributed by atoms with E-state index in [9.17, 15) is 0 Å². The second-order valence-electron chi connectivity index (χ2n) is 6.27. The lowest BCUT2D eigenvalue weighted by atomic mass is 10.3. The van der Waals surface area contributed by atoms with Crippen molar-refractivity contribution in [3.05, 3.63) is 36.5 Å². The van der Waals surface area contributed by atoms with Crippen molar-refractivity contribution in [1.82, 2.24) is 24.8 Å². The van der Waals surface area contributed by atoms with Gasteiger partial charge >= 0.3 is 0 Å². The maximum atomic E-state index is 5.42. The fraction of sp³-hybridized carbons (Fsp3) is 0.529. The highest BCUT2D eigenvalue weighted by Crippen LogP contribution is 2.18. The predicted octanol–water partition coefficient (Wildman–Crippen LogP) is 0.425. The Labute approximate surface area is 147 Å². The molecule has 8 nitrogen and oxygen atoms in total. The number of ether oxygens (including phenoxy) is 1. The average molecular weight is 341 g/mol. The first-order valence-corrected chi connectivity index (χ1v) is 8.76. The van der Waals surface area contributed by atoms with Gasteiger partial charge in [-0.2, -0.15) is 4.98 Å². The van der Waals surface area contributed by atoms with Crippen LogP contribution in [0.5, 0.6) is 0 Å². The van der Waals surface area contributed by atoms with Gasteiger partial charge in [-0.3, -0.25) is 14.9 Å². The number of nitrogens with zero attached hydrogens (tertiary/aromatic N) is 7. The summed E-state index contributed by atoms with van der Waals surface area (Å²) in [6.07, 6.45) is 7.15. The normalized spacial score (nSPS) is 19.2. The second-order valence-corrected chi connectivity index (χ2v) is 6.27. The van der Waals surface area contributed by atoms with Crippen molar-refractivity contribution in [3.8, 4) is 0 Å². The Morgan fingerprint density at radius 2 is 1.72 bits per heavy atom. The summed E-state index contributed by atoms with van der Waals surface area (Å²) in [4.78, 5) is 24.7. The molecule has 2 saturated heterocycles. The Hall–Kier alpha value is -2.32. The molecule has 25 heavy (non-hydrogen) atoms. The molecule has 0 N–H and O–H groups in total. The monoisotopic (exact) mass is 341 g/mol. The molecule has 0 aromatic carbocycles. The number of piperazine rings is 1. The zero-order valence-electron chi connectivity index (χ0n) is 14.3. The van der Waals surface area contributed by atoms with E-state index < -0.39 is 0 Å².